The number of hydrogen-bond acceptors (Lipinski definition) is 5. The van der Waals surface area contributed by atoms with Gasteiger partial charge in [0.1, 0.15) is 17.5 Å². The summed E-state index contributed by atoms with van der Waals surface area (Å²) in [4.78, 5) is 12.7. The third-order valence-corrected chi connectivity index (χ3v) is 5.87. The molecular weight excluding hydrogens is 416 g/mol. The van der Waals surface area contributed by atoms with Crippen molar-refractivity contribution < 1.29 is 22.7 Å². The number of nitrogens with one attached hydrogen (secondary N) is 1. The average molecular weight is 449 g/mol. The summed E-state index contributed by atoms with van der Waals surface area (Å²) in [6.45, 7) is 5.98. The van der Waals surface area contributed by atoms with Crippen molar-refractivity contribution in [3.63, 3.8) is 0 Å². The minimum Gasteiger partial charge on any atom is -0.497 e. The topological polar surface area (TPSA) is 84.9 Å². The summed E-state index contributed by atoms with van der Waals surface area (Å²) in [7, 11) is -2.12. The van der Waals surface area contributed by atoms with Crippen LogP contribution in [0, 0.1) is 0 Å². The molecule has 0 heterocycles. The molecule has 2 rings (SSSR count). The second kappa shape index (κ2) is 11.0. The van der Waals surface area contributed by atoms with E-state index in [0.29, 0.717) is 18.0 Å². The molecule has 0 saturated carbocycles. The largest absolute Gasteiger partial charge is 0.497 e. The summed E-state index contributed by atoms with van der Waals surface area (Å²) in [5.74, 6) is 1.09. The van der Waals surface area contributed by atoms with Crippen LogP contribution in [0.1, 0.15) is 32.8 Å². The van der Waals surface area contributed by atoms with E-state index in [2.05, 4.69) is 5.32 Å². The molecule has 0 fully saturated rings. The number of rotatable bonds is 11. The fraction of sp³-hybridized carbons (Fsp3) is 0.435. The quantitative estimate of drug-likeness (QED) is 0.533. The lowest BCUT2D eigenvalue weighted by molar-refractivity contribution is -0.121. The van der Waals surface area contributed by atoms with Crippen molar-refractivity contribution >= 4 is 21.6 Å². The fourth-order valence-electron chi connectivity index (χ4n) is 3.24. The molecule has 0 aromatic heterocycles. The van der Waals surface area contributed by atoms with E-state index in [1.165, 1.54) is 7.11 Å². The maximum atomic E-state index is 12.7. The van der Waals surface area contributed by atoms with Crippen LogP contribution in [0.3, 0.4) is 0 Å². The molecule has 170 valence electrons. The second-order valence-corrected chi connectivity index (χ2v) is 9.50. The number of aryl methyl sites for hydroxylation is 1. The lowest BCUT2D eigenvalue weighted by Gasteiger charge is -2.28. The van der Waals surface area contributed by atoms with E-state index in [9.17, 15) is 13.2 Å². The summed E-state index contributed by atoms with van der Waals surface area (Å²) in [6, 6.07) is 13.6. The van der Waals surface area contributed by atoms with Crippen molar-refractivity contribution in [1.29, 1.82) is 0 Å². The molecule has 0 radical (unpaired) electrons. The number of sulfonamides is 1. The van der Waals surface area contributed by atoms with Gasteiger partial charge in [-0.25, -0.2) is 8.42 Å². The van der Waals surface area contributed by atoms with Gasteiger partial charge in [-0.05, 0) is 75.6 Å². The van der Waals surface area contributed by atoms with Crippen LogP contribution in [0.25, 0.3) is 0 Å². The van der Waals surface area contributed by atoms with E-state index in [-0.39, 0.29) is 12.0 Å². The molecule has 7 nitrogen and oxygen atoms in total. The SMILES string of the molecule is COc1ccc(N([C@@H](C)C(=O)NCCCc2cccc(OC(C)C)c2)S(C)(=O)=O)cc1. The first-order valence-corrected chi connectivity index (χ1v) is 12.1. The van der Waals surface area contributed by atoms with Gasteiger partial charge in [-0.2, -0.15) is 0 Å². The summed E-state index contributed by atoms with van der Waals surface area (Å²) in [5, 5.41) is 2.84. The summed E-state index contributed by atoms with van der Waals surface area (Å²) >= 11 is 0. The third-order valence-electron chi connectivity index (χ3n) is 4.63. The van der Waals surface area contributed by atoms with Gasteiger partial charge in [0.25, 0.3) is 0 Å². The van der Waals surface area contributed by atoms with E-state index in [4.69, 9.17) is 9.47 Å². The first-order valence-electron chi connectivity index (χ1n) is 10.3. The summed E-state index contributed by atoms with van der Waals surface area (Å²) in [6.07, 6.45) is 2.70. The third kappa shape index (κ3) is 7.47. The average Bonchev–Trinajstić information content (AvgIpc) is 2.70. The van der Waals surface area contributed by atoms with E-state index >= 15 is 0 Å². The zero-order valence-electron chi connectivity index (χ0n) is 18.8. The Hall–Kier alpha value is -2.74. The number of ether oxygens (including phenoxy) is 2. The Morgan fingerprint density at radius 3 is 2.32 bits per heavy atom. The maximum absolute atomic E-state index is 12.7. The molecule has 0 aliphatic heterocycles. The number of hydrogen-bond donors (Lipinski definition) is 1. The normalized spacial score (nSPS) is 12.3. The highest BCUT2D eigenvalue weighted by Gasteiger charge is 2.28. The smallest absolute Gasteiger partial charge is 0.243 e. The molecule has 8 heteroatoms. The van der Waals surface area contributed by atoms with Crippen molar-refractivity contribution in [3.05, 3.63) is 54.1 Å². The Kier molecular flexibility index (Phi) is 8.74. The molecule has 1 amide bonds. The Morgan fingerprint density at radius 2 is 1.74 bits per heavy atom. The van der Waals surface area contributed by atoms with Crippen LogP contribution in [-0.4, -0.2) is 46.4 Å². The molecule has 0 saturated heterocycles. The lowest BCUT2D eigenvalue weighted by atomic mass is 10.1. The van der Waals surface area contributed by atoms with Crippen LogP contribution >= 0.6 is 0 Å². The molecule has 0 aliphatic rings. The molecular formula is C23H32N2O5S. The maximum Gasteiger partial charge on any atom is 0.243 e. The van der Waals surface area contributed by atoms with E-state index in [0.717, 1.165) is 34.7 Å². The van der Waals surface area contributed by atoms with E-state index in [1.54, 1.807) is 31.2 Å². The van der Waals surface area contributed by atoms with Crippen LogP contribution in [0.2, 0.25) is 0 Å². The first-order chi connectivity index (χ1) is 14.6. The van der Waals surface area contributed by atoms with Gasteiger partial charge in [0, 0.05) is 6.54 Å². The highest BCUT2D eigenvalue weighted by molar-refractivity contribution is 7.92. The summed E-state index contributed by atoms with van der Waals surface area (Å²) < 4.78 is 36.7. The molecule has 0 spiro atoms. The monoisotopic (exact) mass is 448 g/mol. The molecule has 2 aromatic rings. The van der Waals surface area contributed by atoms with Crippen molar-refractivity contribution in [2.75, 3.05) is 24.2 Å². The molecule has 2 aromatic carbocycles. The first kappa shape index (κ1) is 24.5. The number of benzene rings is 2. The predicted octanol–water partition coefficient (Wildman–Crippen LogP) is 3.39. The van der Waals surface area contributed by atoms with Gasteiger partial charge in [-0.15, -0.1) is 0 Å². The number of carbonyl (C=O) groups excluding carboxylic acids is 1. The van der Waals surface area contributed by atoms with Gasteiger partial charge in [0.05, 0.1) is 25.2 Å². The molecule has 1 N–H and O–H groups in total. The number of anilines is 1. The zero-order chi connectivity index (χ0) is 23.0. The van der Waals surface area contributed by atoms with Crippen molar-refractivity contribution in [2.24, 2.45) is 0 Å². The molecule has 31 heavy (non-hydrogen) atoms. The fourth-order valence-corrected chi connectivity index (χ4v) is 4.41. The van der Waals surface area contributed by atoms with Crippen molar-refractivity contribution in [2.45, 2.75) is 45.8 Å². The Bertz CT molecular complexity index is 958. The predicted molar refractivity (Wildman–Crippen MR) is 123 cm³/mol. The Balaban J connectivity index is 1.95. The molecule has 1 atom stereocenters. The number of carbonyl (C=O) groups is 1. The molecule has 0 aliphatic carbocycles. The summed E-state index contributed by atoms with van der Waals surface area (Å²) in [5.41, 5.74) is 1.53. The van der Waals surface area contributed by atoms with E-state index in [1.807, 2.05) is 38.1 Å². The van der Waals surface area contributed by atoms with Gasteiger partial charge in [-0.3, -0.25) is 9.10 Å². The Labute approximate surface area is 185 Å². The van der Waals surface area contributed by atoms with Gasteiger partial charge in [-0.1, -0.05) is 12.1 Å². The second-order valence-electron chi connectivity index (χ2n) is 7.64. The van der Waals surface area contributed by atoms with Crippen molar-refractivity contribution in [1.82, 2.24) is 5.32 Å². The molecule has 0 unspecified atom stereocenters. The standard InChI is InChI=1S/C23H32N2O5S/c1-17(2)30-22-10-6-8-19(16-22)9-7-15-24-23(26)18(3)25(31(5,27)28)20-11-13-21(29-4)14-12-20/h6,8,10-14,16-18H,7,9,15H2,1-5H3,(H,24,26)/t18-/m0/s1. The minimum atomic E-state index is -3.65. The lowest BCUT2D eigenvalue weighted by Crippen LogP contribution is -2.48. The zero-order valence-corrected chi connectivity index (χ0v) is 19.6. The van der Waals surface area contributed by atoms with Gasteiger partial charge < -0.3 is 14.8 Å². The van der Waals surface area contributed by atoms with Gasteiger partial charge >= 0.3 is 0 Å². The Morgan fingerprint density at radius 1 is 1.06 bits per heavy atom. The van der Waals surface area contributed by atoms with Crippen LogP contribution in [0.5, 0.6) is 11.5 Å². The van der Waals surface area contributed by atoms with Crippen LogP contribution in [0.4, 0.5) is 5.69 Å². The highest BCUT2D eigenvalue weighted by Crippen LogP contribution is 2.24. The number of methoxy groups -OCH3 is 1. The van der Waals surface area contributed by atoms with Crippen LogP contribution < -0.4 is 19.1 Å². The number of nitrogens with zero attached hydrogens (tertiary/aromatic N) is 1. The van der Waals surface area contributed by atoms with Crippen LogP contribution in [-0.2, 0) is 21.2 Å². The van der Waals surface area contributed by atoms with Crippen LogP contribution in [0.15, 0.2) is 48.5 Å². The highest BCUT2D eigenvalue weighted by atomic mass is 32.2. The minimum absolute atomic E-state index is 0.111. The number of amides is 1. The van der Waals surface area contributed by atoms with Gasteiger partial charge in [0.15, 0.2) is 0 Å². The van der Waals surface area contributed by atoms with Gasteiger partial charge in [0.2, 0.25) is 15.9 Å². The van der Waals surface area contributed by atoms with Crippen molar-refractivity contribution in [3.8, 4) is 11.5 Å². The van der Waals surface area contributed by atoms with E-state index < -0.39 is 16.1 Å². The molecule has 0 bridgehead atoms.